The zero-order chi connectivity index (χ0) is 13.0. The predicted molar refractivity (Wildman–Crippen MR) is 74.6 cm³/mol. The summed E-state index contributed by atoms with van der Waals surface area (Å²) in [6, 6.07) is 0.583. The van der Waals surface area contributed by atoms with E-state index in [9.17, 15) is 0 Å². The molecular formula is C14H24N4. The van der Waals surface area contributed by atoms with Gasteiger partial charge in [0.2, 0.25) is 5.95 Å². The van der Waals surface area contributed by atoms with Crippen LogP contribution in [0.5, 0.6) is 0 Å². The van der Waals surface area contributed by atoms with Gasteiger partial charge in [-0.05, 0) is 37.3 Å². The molecule has 2 unspecified atom stereocenters. The monoisotopic (exact) mass is 248 g/mol. The molecule has 1 saturated carbocycles. The van der Waals surface area contributed by atoms with Crippen molar-refractivity contribution in [2.45, 2.75) is 45.1 Å². The van der Waals surface area contributed by atoms with Crippen LogP contribution in [0.15, 0.2) is 12.4 Å². The lowest BCUT2D eigenvalue weighted by Gasteiger charge is -2.36. The molecule has 100 valence electrons. The summed E-state index contributed by atoms with van der Waals surface area (Å²) in [7, 11) is 2.12. The van der Waals surface area contributed by atoms with E-state index in [-0.39, 0.29) is 0 Å². The van der Waals surface area contributed by atoms with Gasteiger partial charge in [0.15, 0.2) is 0 Å². The molecule has 1 aromatic rings. The Kier molecular flexibility index (Phi) is 4.53. The third kappa shape index (κ3) is 2.99. The van der Waals surface area contributed by atoms with Crippen LogP contribution in [0.25, 0.3) is 0 Å². The summed E-state index contributed by atoms with van der Waals surface area (Å²) < 4.78 is 0. The van der Waals surface area contributed by atoms with Gasteiger partial charge in [0.1, 0.15) is 0 Å². The second-order valence-electron chi connectivity index (χ2n) is 5.37. The maximum Gasteiger partial charge on any atom is 0.225 e. The summed E-state index contributed by atoms with van der Waals surface area (Å²) in [5, 5.41) is 0. The third-order valence-electron chi connectivity index (χ3n) is 4.00. The summed E-state index contributed by atoms with van der Waals surface area (Å²) >= 11 is 0. The molecule has 2 rings (SSSR count). The molecule has 0 saturated heterocycles. The lowest BCUT2D eigenvalue weighted by molar-refractivity contribution is 0.319. The van der Waals surface area contributed by atoms with Gasteiger partial charge in [-0.1, -0.05) is 19.8 Å². The van der Waals surface area contributed by atoms with E-state index in [0.717, 1.165) is 23.9 Å². The zero-order valence-corrected chi connectivity index (χ0v) is 11.5. The van der Waals surface area contributed by atoms with E-state index in [1.54, 1.807) is 0 Å². The van der Waals surface area contributed by atoms with Crippen LogP contribution in [-0.2, 0) is 6.42 Å². The fourth-order valence-corrected chi connectivity index (χ4v) is 2.85. The van der Waals surface area contributed by atoms with Crippen molar-refractivity contribution in [3.8, 4) is 0 Å². The van der Waals surface area contributed by atoms with E-state index in [1.165, 1.54) is 25.7 Å². The third-order valence-corrected chi connectivity index (χ3v) is 4.00. The second-order valence-corrected chi connectivity index (χ2v) is 5.37. The molecular weight excluding hydrogens is 224 g/mol. The van der Waals surface area contributed by atoms with Gasteiger partial charge >= 0.3 is 0 Å². The lowest BCUT2D eigenvalue weighted by Crippen LogP contribution is -2.39. The summed E-state index contributed by atoms with van der Waals surface area (Å²) in [4.78, 5) is 11.2. The zero-order valence-electron chi connectivity index (χ0n) is 11.5. The van der Waals surface area contributed by atoms with Crippen molar-refractivity contribution >= 4 is 5.95 Å². The Morgan fingerprint density at radius 2 is 1.94 bits per heavy atom. The summed E-state index contributed by atoms with van der Waals surface area (Å²) in [6.45, 7) is 2.99. The molecule has 1 fully saturated rings. The number of nitrogens with two attached hydrogens (primary N) is 1. The number of anilines is 1. The minimum Gasteiger partial charge on any atom is -0.341 e. The molecule has 4 nitrogen and oxygen atoms in total. The minimum absolute atomic E-state index is 0.583. The first kappa shape index (κ1) is 13.3. The fraction of sp³-hybridized carbons (Fsp3) is 0.714. The van der Waals surface area contributed by atoms with E-state index in [4.69, 9.17) is 5.73 Å². The fourth-order valence-electron chi connectivity index (χ4n) is 2.85. The van der Waals surface area contributed by atoms with E-state index in [0.29, 0.717) is 12.6 Å². The summed E-state index contributed by atoms with van der Waals surface area (Å²) in [5.41, 5.74) is 6.64. The van der Waals surface area contributed by atoms with E-state index in [1.807, 2.05) is 12.4 Å². The van der Waals surface area contributed by atoms with Crippen LogP contribution in [0.1, 0.15) is 38.2 Å². The molecule has 2 N–H and O–H groups in total. The minimum atomic E-state index is 0.583. The molecule has 0 aliphatic heterocycles. The smallest absolute Gasteiger partial charge is 0.225 e. The highest BCUT2D eigenvalue weighted by Crippen LogP contribution is 2.28. The van der Waals surface area contributed by atoms with Gasteiger partial charge in [-0.25, -0.2) is 9.97 Å². The highest BCUT2D eigenvalue weighted by Gasteiger charge is 2.26. The Labute approximate surface area is 110 Å². The van der Waals surface area contributed by atoms with Gasteiger partial charge in [0, 0.05) is 25.5 Å². The van der Waals surface area contributed by atoms with Gasteiger partial charge in [-0.2, -0.15) is 0 Å². The maximum absolute atomic E-state index is 5.53. The van der Waals surface area contributed by atoms with Crippen molar-refractivity contribution < 1.29 is 0 Å². The highest BCUT2D eigenvalue weighted by atomic mass is 15.2. The van der Waals surface area contributed by atoms with E-state index < -0.39 is 0 Å². The van der Waals surface area contributed by atoms with Crippen molar-refractivity contribution in [1.82, 2.24) is 9.97 Å². The molecule has 18 heavy (non-hydrogen) atoms. The number of nitrogens with zero attached hydrogens (tertiary/aromatic N) is 3. The molecule has 1 aliphatic carbocycles. The van der Waals surface area contributed by atoms with Gasteiger partial charge in [0.05, 0.1) is 0 Å². The van der Waals surface area contributed by atoms with Crippen LogP contribution in [0.3, 0.4) is 0 Å². The molecule has 2 atom stereocenters. The first-order valence-electron chi connectivity index (χ1n) is 6.96. The van der Waals surface area contributed by atoms with Crippen molar-refractivity contribution in [2.75, 3.05) is 18.5 Å². The Morgan fingerprint density at radius 3 is 2.56 bits per heavy atom. The molecule has 4 heteroatoms. The lowest BCUT2D eigenvalue weighted by atomic mass is 9.85. The maximum atomic E-state index is 5.53. The molecule has 0 bridgehead atoms. The van der Waals surface area contributed by atoms with E-state index >= 15 is 0 Å². The molecule has 1 aromatic heterocycles. The number of rotatable bonds is 4. The van der Waals surface area contributed by atoms with Gasteiger partial charge in [0.25, 0.3) is 0 Å². The van der Waals surface area contributed by atoms with Crippen LogP contribution in [0.4, 0.5) is 5.95 Å². The first-order chi connectivity index (χ1) is 8.72. The normalized spacial score (nSPS) is 23.9. The van der Waals surface area contributed by atoms with Crippen molar-refractivity contribution in [1.29, 1.82) is 0 Å². The number of hydrogen-bond acceptors (Lipinski definition) is 4. The quantitative estimate of drug-likeness (QED) is 0.885. The van der Waals surface area contributed by atoms with Crippen molar-refractivity contribution in [3.63, 3.8) is 0 Å². The average Bonchev–Trinajstić information content (AvgIpc) is 2.40. The Hall–Kier alpha value is -1.16. The van der Waals surface area contributed by atoms with Gasteiger partial charge in [-0.3, -0.25) is 0 Å². The molecule has 0 spiro atoms. The molecule has 0 aromatic carbocycles. The Bertz CT molecular complexity index is 363. The standard InChI is InChI=1S/C14H24N4/c1-11-5-3-4-6-13(11)18(2)14-16-9-12(7-8-15)10-17-14/h9-11,13H,3-8,15H2,1-2H3. The average molecular weight is 248 g/mol. The van der Waals surface area contributed by atoms with Gasteiger partial charge in [-0.15, -0.1) is 0 Å². The molecule has 0 radical (unpaired) electrons. The Morgan fingerprint density at radius 1 is 1.28 bits per heavy atom. The molecule has 0 amide bonds. The molecule has 1 heterocycles. The topological polar surface area (TPSA) is 55.0 Å². The van der Waals surface area contributed by atoms with Crippen LogP contribution in [0, 0.1) is 5.92 Å². The summed E-state index contributed by atoms with van der Waals surface area (Å²) in [5.74, 6) is 1.57. The van der Waals surface area contributed by atoms with Crippen molar-refractivity contribution in [3.05, 3.63) is 18.0 Å². The SMILES string of the molecule is CC1CCCCC1N(C)c1ncc(CCN)cn1. The highest BCUT2D eigenvalue weighted by molar-refractivity contribution is 5.30. The van der Waals surface area contributed by atoms with Crippen LogP contribution < -0.4 is 10.6 Å². The number of hydrogen-bond donors (Lipinski definition) is 1. The van der Waals surface area contributed by atoms with Crippen LogP contribution in [0.2, 0.25) is 0 Å². The summed E-state index contributed by atoms with van der Waals surface area (Å²) in [6.07, 6.45) is 9.92. The van der Waals surface area contributed by atoms with Crippen molar-refractivity contribution in [2.24, 2.45) is 11.7 Å². The largest absolute Gasteiger partial charge is 0.341 e. The first-order valence-corrected chi connectivity index (χ1v) is 6.96. The number of aromatic nitrogens is 2. The molecule has 1 aliphatic rings. The van der Waals surface area contributed by atoms with E-state index in [2.05, 4.69) is 28.8 Å². The second kappa shape index (κ2) is 6.14. The van der Waals surface area contributed by atoms with Crippen LogP contribution in [-0.4, -0.2) is 29.6 Å². The van der Waals surface area contributed by atoms with Crippen LogP contribution >= 0.6 is 0 Å². The van der Waals surface area contributed by atoms with Gasteiger partial charge < -0.3 is 10.6 Å². The predicted octanol–water partition coefficient (Wildman–Crippen LogP) is 1.99. The Balaban J connectivity index is 2.05.